The van der Waals surface area contributed by atoms with E-state index < -0.39 is 10.0 Å². The zero-order chi connectivity index (χ0) is 15.6. The lowest BCUT2D eigenvalue weighted by molar-refractivity contribution is 0.432. The highest BCUT2D eigenvalue weighted by Gasteiger charge is 2.10. The average Bonchev–Trinajstić information content (AvgIpc) is 2.97. The molecular formula is C15H13N3O3S. The molecule has 0 bridgehead atoms. The summed E-state index contributed by atoms with van der Waals surface area (Å²) in [5.41, 5.74) is 2.07. The first-order valence-electron chi connectivity index (χ1n) is 6.49. The number of nitrogens with zero attached hydrogens (tertiary/aromatic N) is 2. The molecule has 22 heavy (non-hydrogen) atoms. The van der Waals surface area contributed by atoms with E-state index in [-0.39, 0.29) is 0 Å². The number of rotatable bonds is 4. The van der Waals surface area contributed by atoms with E-state index in [1.807, 2.05) is 30.3 Å². The monoisotopic (exact) mass is 315 g/mol. The molecule has 0 saturated carbocycles. The Hall–Kier alpha value is -2.67. The van der Waals surface area contributed by atoms with Crippen LogP contribution < -0.4 is 4.72 Å². The predicted octanol–water partition coefficient (Wildman–Crippen LogP) is 2.78. The SMILES string of the molecule is CS(=O)(=O)Nc1ccc(-c2noc(-c3ccccc3)n2)cc1. The highest BCUT2D eigenvalue weighted by atomic mass is 32.2. The fourth-order valence-corrected chi connectivity index (χ4v) is 2.50. The molecule has 6 nitrogen and oxygen atoms in total. The minimum Gasteiger partial charge on any atom is -0.334 e. The third-order valence-electron chi connectivity index (χ3n) is 2.89. The van der Waals surface area contributed by atoms with E-state index in [0.29, 0.717) is 17.4 Å². The highest BCUT2D eigenvalue weighted by Crippen LogP contribution is 2.23. The molecule has 0 amide bonds. The van der Waals surface area contributed by atoms with Crippen LogP contribution in [0.15, 0.2) is 59.1 Å². The van der Waals surface area contributed by atoms with Crippen molar-refractivity contribution in [2.75, 3.05) is 11.0 Å². The zero-order valence-electron chi connectivity index (χ0n) is 11.7. The molecule has 0 atom stereocenters. The van der Waals surface area contributed by atoms with Crippen LogP contribution in [0, 0.1) is 0 Å². The van der Waals surface area contributed by atoms with Crippen molar-refractivity contribution in [3.05, 3.63) is 54.6 Å². The summed E-state index contributed by atoms with van der Waals surface area (Å²) in [4.78, 5) is 4.34. The lowest BCUT2D eigenvalue weighted by atomic mass is 10.2. The van der Waals surface area contributed by atoms with Gasteiger partial charge in [-0.1, -0.05) is 23.4 Å². The number of aromatic nitrogens is 2. The fourth-order valence-electron chi connectivity index (χ4n) is 1.94. The lowest BCUT2D eigenvalue weighted by Crippen LogP contribution is -2.09. The van der Waals surface area contributed by atoms with E-state index in [1.165, 1.54) is 0 Å². The van der Waals surface area contributed by atoms with Gasteiger partial charge in [0.1, 0.15) is 0 Å². The molecule has 112 valence electrons. The third kappa shape index (κ3) is 3.32. The Balaban J connectivity index is 1.85. The van der Waals surface area contributed by atoms with Crippen LogP contribution >= 0.6 is 0 Å². The zero-order valence-corrected chi connectivity index (χ0v) is 12.5. The van der Waals surface area contributed by atoms with E-state index in [9.17, 15) is 8.42 Å². The van der Waals surface area contributed by atoms with Crippen LogP contribution in [-0.4, -0.2) is 24.8 Å². The van der Waals surface area contributed by atoms with Crippen LogP contribution in [0.3, 0.4) is 0 Å². The van der Waals surface area contributed by atoms with Gasteiger partial charge in [-0.2, -0.15) is 4.98 Å². The van der Waals surface area contributed by atoms with Crippen molar-refractivity contribution >= 4 is 15.7 Å². The van der Waals surface area contributed by atoms with E-state index in [0.717, 1.165) is 17.4 Å². The number of hydrogen-bond acceptors (Lipinski definition) is 5. The first-order valence-corrected chi connectivity index (χ1v) is 8.38. The number of nitrogens with one attached hydrogen (secondary N) is 1. The summed E-state index contributed by atoms with van der Waals surface area (Å²) < 4.78 is 30.0. The van der Waals surface area contributed by atoms with E-state index >= 15 is 0 Å². The second-order valence-electron chi connectivity index (χ2n) is 4.74. The van der Waals surface area contributed by atoms with Crippen molar-refractivity contribution < 1.29 is 12.9 Å². The normalized spacial score (nSPS) is 11.3. The first kappa shape index (κ1) is 14.3. The standard InChI is InChI=1S/C15H13N3O3S/c1-22(19,20)18-13-9-7-11(8-10-13)14-16-15(21-17-14)12-5-3-2-4-6-12/h2-10,18H,1H3. The Labute approximate surface area is 127 Å². The van der Waals surface area contributed by atoms with Gasteiger partial charge in [-0.25, -0.2) is 8.42 Å². The smallest absolute Gasteiger partial charge is 0.258 e. The maximum absolute atomic E-state index is 11.2. The Morgan fingerprint density at radius 1 is 0.955 bits per heavy atom. The van der Waals surface area contributed by atoms with Gasteiger partial charge in [0, 0.05) is 16.8 Å². The molecule has 0 radical (unpaired) electrons. The Kier molecular flexibility index (Phi) is 3.64. The molecule has 3 rings (SSSR count). The fraction of sp³-hybridized carbons (Fsp3) is 0.0667. The maximum Gasteiger partial charge on any atom is 0.258 e. The van der Waals surface area contributed by atoms with Crippen LogP contribution in [-0.2, 0) is 10.0 Å². The summed E-state index contributed by atoms with van der Waals surface area (Å²) in [5, 5.41) is 3.94. The van der Waals surface area contributed by atoms with Gasteiger partial charge in [-0.15, -0.1) is 0 Å². The van der Waals surface area contributed by atoms with Gasteiger partial charge < -0.3 is 4.52 Å². The molecule has 0 fully saturated rings. The Morgan fingerprint density at radius 3 is 2.27 bits per heavy atom. The first-order chi connectivity index (χ1) is 10.5. The van der Waals surface area contributed by atoms with Crippen molar-refractivity contribution in [3.63, 3.8) is 0 Å². The van der Waals surface area contributed by atoms with Gasteiger partial charge >= 0.3 is 0 Å². The molecule has 0 aliphatic heterocycles. The Bertz CT molecular complexity index is 872. The van der Waals surface area contributed by atoms with Crippen LogP contribution in [0.25, 0.3) is 22.8 Å². The number of benzene rings is 2. The molecule has 7 heteroatoms. The van der Waals surface area contributed by atoms with Crippen molar-refractivity contribution in [1.82, 2.24) is 10.1 Å². The summed E-state index contributed by atoms with van der Waals surface area (Å²) in [7, 11) is -3.29. The number of sulfonamides is 1. The minimum absolute atomic E-state index is 0.439. The van der Waals surface area contributed by atoms with Gasteiger partial charge in [-0.3, -0.25) is 4.72 Å². The molecule has 2 aromatic carbocycles. The second kappa shape index (κ2) is 5.61. The molecule has 1 heterocycles. The molecule has 1 N–H and O–H groups in total. The Morgan fingerprint density at radius 2 is 1.64 bits per heavy atom. The van der Waals surface area contributed by atoms with Gasteiger partial charge in [0.05, 0.1) is 6.26 Å². The highest BCUT2D eigenvalue weighted by molar-refractivity contribution is 7.92. The van der Waals surface area contributed by atoms with Gasteiger partial charge in [-0.05, 0) is 36.4 Å². The van der Waals surface area contributed by atoms with Crippen molar-refractivity contribution in [2.24, 2.45) is 0 Å². The predicted molar refractivity (Wildman–Crippen MR) is 83.6 cm³/mol. The second-order valence-corrected chi connectivity index (χ2v) is 6.49. The van der Waals surface area contributed by atoms with Gasteiger partial charge in [0.25, 0.3) is 5.89 Å². The quantitative estimate of drug-likeness (QED) is 0.800. The van der Waals surface area contributed by atoms with Crippen LogP contribution in [0.5, 0.6) is 0 Å². The topological polar surface area (TPSA) is 85.1 Å². The minimum atomic E-state index is -3.29. The number of hydrogen-bond donors (Lipinski definition) is 1. The summed E-state index contributed by atoms with van der Waals surface area (Å²) in [6, 6.07) is 16.2. The summed E-state index contributed by atoms with van der Waals surface area (Å²) in [6.07, 6.45) is 1.10. The largest absolute Gasteiger partial charge is 0.334 e. The molecule has 0 aliphatic carbocycles. The molecule has 0 spiro atoms. The van der Waals surface area contributed by atoms with E-state index in [4.69, 9.17) is 4.52 Å². The van der Waals surface area contributed by atoms with Gasteiger partial charge in [0.15, 0.2) is 0 Å². The van der Waals surface area contributed by atoms with Gasteiger partial charge in [0.2, 0.25) is 15.8 Å². The van der Waals surface area contributed by atoms with Crippen LogP contribution in [0.2, 0.25) is 0 Å². The molecule has 0 unspecified atom stereocenters. The molecule has 0 aliphatic rings. The molecule has 0 saturated heterocycles. The van der Waals surface area contributed by atoms with E-state index in [1.54, 1.807) is 24.3 Å². The van der Waals surface area contributed by atoms with Crippen LogP contribution in [0.4, 0.5) is 5.69 Å². The summed E-state index contributed by atoms with van der Waals surface area (Å²) in [5.74, 6) is 0.888. The number of anilines is 1. The average molecular weight is 315 g/mol. The van der Waals surface area contributed by atoms with E-state index in [2.05, 4.69) is 14.9 Å². The van der Waals surface area contributed by atoms with Crippen molar-refractivity contribution in [1.29, 1.82) is 0 Å². The lowest BCUT2D eigenvalue weighted by Gasteiger charge is -2.03. The molecule has 1 aromatic heterocycles. The molecule has 3 aromatic rings. The summed E-state index contributed by atoms with van der Waals surface area (Å²) >= 11 is 0. The van der Waals surface area contributed by atoms with Crippen LogP contribution in [0.1, 0.15) is 0 Å². The van der Waals surface area contributed by atoms with Crippen molar-refractivity contribution in [2.45, 2.75) is 0 Å². The summed E-state index contributed by atoms with van der Waals surface area (Å²) in [6.45, 7) is 0. The molecular weight excluding hydrogens is 302 g/mol. The maximum atomic E-state index is 11.2. The van der Waals surface area contributed by atoms with Crippen molar-refractivity contribution in [3.8, 4) is 22.8 Å². The third-order valence-corrected chi connectivity index (χ3v) is 3.50.